The van der Waals surface area contributed by atoms with E-state index < -0.39 is 5.97 Å². The number of halogens is 1. The van der Waals surface area contributed by atoms with Gasteiger partial charge in [0.2, 0.25) is 0 Å². The number of hydrogen-bond donors (Lipinski definition) is 1. The Bertz CT molecular complexity index is 429. The van der Waals surface area contributed by atoms with Crippen molar-refractivity contribution in [3.8, 4) is 0 Å². The van der Waals surface area contributed by atoms with Gasteiger partial charge in [-0.05, 0) is 43.0 Å². The van der Waals surface area contributed by atoms with Crippen molar-refractivity contribution in [3.05, 3.63) is 22.7 Å². The first-order chi connectivity index (χ1) is 14.7. The highest BCUT2D eigenvalue weighted by atomic mass is 79.9. The minimum Gasteiger partial charge on any atom is -0.481 e. The van der Waals surface area contributed by atoms with E-state index in [0.717, 1.165) is 25.7 Å². The smallest absolute Gasteiger partial charge is 0.303 e. The van der Waals surface area contributed by atoms with E-state index in [2.05, 4.69) is 41.1 Å². The normalized spacial score (nSPS) is 12.1. The maximum atomic E-state index is 10.5. The summed E-state index contributed by atoms with van der Waals surface area (Å²) in [4.78, 5) is 10.5. The Labute approximate surface area is 196 Å². The number of allylic oxidation sites excluding steroid dienone is 4. The zero-order valence-electron chi connectivity index (χ0n) is 19.8. The average Bonchev–Trinajstić information content (AvgIpc) is 2.72. The Morgan fingerprint density at radius 1 is 0.633 bits per heavy atom. The van der Waals surface area contributed by atoms with Gasteiger partial charge < -0.3 is 5.11 Å². The van der Waals surface area contributed by atoms with Crippen LogP contribution in [-0.2, 0) is 4.79 Å². The number of hydrogen-bond acceptors (Lipinski definition) is 1. The van der Waals surface area contributed by atoms with Gasteiger partial charge in [0, 0.05) is 6.42 Å². The zero-order valence-corrected chi connectivity index (χ0v) is 21.4. The van der Waals surface area contributed by atoms with Crippen LogP contribution in [0.5, 0.6) is 0 Å². The molecule has 0 spiro atoms. The summed E-state index contributed by atoms with van der Waals surface area (Å²) in [5, 5.41) is 8.62. The fraction of sp³-hybridized carbons (Fsp3) is 0.815. The lowest BCUT2D eigenvalue weighted by Gasteiger charge is -2.03. The van der Waals surface area contributed by atoms with Crippen LogP contribution >= 0.6 is 15.9 Å². The molecule has 0 rings (SSSR count). The van der Waals surface area contributed by atoms with Crippen LogP contribution in [0.25, 0.3) is 0 Å². The van der Waals surface area contributed by atoms with Crippen LogP contribution in [0, 0.1) is 0 Å². The highest BCUT2D eigenvalue weighted by Gasteiger charge is 1.96. The van der Waals surface area contributed by atoms with Gasteiger partial charge in [0.05, 0.1) is 0 Å². The molecule has 3 heteroatoms. The van der Waals surface area contributed by atoms with Crippen LogP contribution in [0.1, 0.15) is 142 Å². The lowest BCUT2D eigenvalue weighted by molar-refractivity contribution is -0.137. The van der Waals surface area contributed by atoms with Crippen LogP contribution in [0.15, 0.2) is 22.7 Å². The van der Waals surface area contributed by atoms with Crippen molar-refractivity contribution < 1.29 is 9.90 Å². The molecule has 30 heavy (non-hydrogen) atoms. The van der Waals surface area contributed by atoms with E-state index in [1.807, 2.05) is 0 Å². The average molecular weight is 486 g/mol. The Hall–Kier alpha value is -0.570. The van der Waals surface area contributed by atoms with Gasteiger partial charge in [0.1, 0.15) is 0 Å². The van der Waals surface area contributed by atoms with Gasteiger partial charge in [-0.1, -0.05) is 131 Å². The molecule has 0 heterocycles. The molecule has 0 aliphatic rings. The molecular formula is C27H49BrO2. The van der Waals surface area contributed by atoms with E-state index in [4.69, 9.17) is 5.11 Å². The molecule has 0 bridgehead atoms. The number of carboxylic acids is 1. The lowest BCUT2D eigenvalue weighted by Crippen LogP contribution is -1.92. The Kier molecular flexibility index (Phi) is 24.2. The van der Waals surface area contributed by atoms with Crippen molar-refractivity contribution in [2.24, 2.45) is 0 Å². The largest absolute Gasteiger partial charge is 0.481 e. The third-order valence-corrected chi connectivity index (χ3v) is 6.37. The minimum atomic E-state index is -0.707. The van der Waals surface area contributed by atoms with Gasteiger partial charge in [-0.2, -0.15) is 0 Å². The lowest BCUT2D eigenvalue weighted by atomic mass is 10.0. The van der Waals surface area contributed by atoms with Gasteiger partial charge in [-0.25, -0.2) is 0 Å². The van der Waals surface area contributed by atoms with Crippen molar-refractivity contribution >= 4 is 21.9 Å². The van der Waals surface area contributed by atoms with Gasteiger partial charge in [0.25, 0.3) is 0 Å². The number of carboxylic acid groups (broad SMARTS) is 1. The van der Waals surface area contributed by atoms with Crippen molar-refractivity contribution in [2.45, 2.75) is 142 Å². The van der Waals surface area contributed by atoms with Crippen molar-refractivity contribution in [1.82, 2.24) is 0 Å². The molecule has 0 aromatic carbocycles. The molecule has 0 radical (unpaired) electrons. The molecule has 0 amide bonds. The Balaban J connectivity index is 3.25. The van der Waals surface area contributed by atoms with Gasteiger partial charge >= 0.3 is 5.97 Å². The molecule has 0 unspecified atom stereocenters. The van der Waals surface area contributed by atoms with Gasteiger partial charge in [-0.15, -0.1) is 0 Å². The molecule has 0 aromatic heterocycles. The first kappa shape index (κ1) is 29.4. The number of unbranched alkanes of at least 4 members (excludes halogenated alkanes) is 16. The third-order valence-electron chi connectivity index (χ3n) is 5.65. The zero-order chi connectivity index (χ0) is 22.1. The molecule has 0 atom stereocenters. The Morgan fingerprint density at radius 2 is 1.10 bits per heavy atom. The standard InChI is InChI=1S/C27H49BrO2/c1-2-3-4-5-6-7-8-9-10-11-12-13-14-15-16-17-18-19-20-23-26(28)24-21-22-25-27(29)30/h18-19,24H,2-17,20-23,25H2,1H3,(H,29,30). The monoisotopic (exact) mass is 484 g/mol. The van der Waals surface area contributed by atoms with Crippen molar-refractivity contribution in [2.75, 3.05) is 0 Å². The van der Waals surface area contributed by atoms with Crippen LogP contribution in [0.2, 0.25) is 0 Å². The molecule has 0 aliphatic carbocycles. The molecule has 0 aliphatic heterocycles. The summed E-state index contributed by atoms with van der Waals surface area (Å²) in [6.45, 7) is 2.29. The summed E-state index contributed by atoms with van der Waals surface area (Å²) in [5.74, 6) is -0.707. The first-order valence-electron chi connectivity index (χ1n) is 12.9. The second-order valence-corrected chi connectivity index (χ2v) is 9.70. The quantitative estimate of drug-likeness (QED) is 0.115. The van der Waals surface area contributed by atoms with Crippen molar-refractivity contribution in [3.63, 3.8) is 0 Å². The van der Waals surface area contributed by atoms with Crippen molar-refractivity contribution in [1.29, 1.82) is 0 Å². The van der Waals surface area contributed by atoms with Crippen LogP contribution < -0.4 is 0 Å². The summed E-state index contributed by atoms with van der Waals surface area (Å²) in [5.41, 5.74) is 0. The van der Waals surface area contributed by atoms with Crippen LogP contribution in [-0.4, -0.2) is 11.1 Å². The number of rotatable bonds is 23. The molecule has 2 nitrogen and oxygen atoms in total. The SMILES string of the molecule is CCCCCCCCCCCCCCCCCC=CCCC(Br)=CCCCC(=O)O. The topological polar surface area (TPSA) is 37.3 Å². The van der Waals surface area contributed by atoms with E-state index in [1.165, 1.54) is 107 Å². The second kappa shape index (κ2) is 24.7. The summed E-state index contributed by atoms with van der Waals surface area (Å²) in [6.07, 6.45) is 33.1. The van der Waals surface area contributed by atoms with E-state index in [-0.39, 0.29) is 6.42 Å². The van der Waals surface area contributed by atoms with E-state index in [1.54, 1.807) is 0 Å². The predicted molar refractivity (Wildman–Crippen MR) is 136 cm³/mol. The highest BCUT2D eigenvalue weighted by Crippen LogP contribution is 2.16. The number of carbonyl (C=O) groups is 1. The minimum absolute atomic E-state index is 0.260. The number of aliphatic carboxylic acids is 1. The fourth-order valence-electron chi connectivity index (χ4n) is 3.70. The van der Waals surface area contributed by atoms with Gasteiger partial charge in [0.15, 0.2) is 0 Å². The molecule has 0 aromatic rings. The summed E-state index contributed by atoms with van der Waals surface area (Å²) < 4.78 is 1.20. The highest BCUT2D eigenvalue weighted by molar-refractivity contribution is 9.11. The summed E-state index contributed by atoms with van der Waals surface area (Å²) in [7, 11) is 0. The molecule has 1 N–H and O–H groups in total. The molecule has 0 saturated heterocycles. The van der Waals surface area contributed by atoms with Crippen LogP contribution in [0.3, 0.4) is 0 Å². The van der Waals surface area contributed by atoms with E-state index in [0.29, 0.717) is 0 Å². The molecule has 0 saturated carbocycles. The third kappa shape index (κ3) is 25.5. The fourth-order valence-corrected chi connectivity index (χ4v) is 4.16. The maximum absolute atomic E-state index is 10.5. The first-order valence-corrected chi connectivity index (χ1v) is 13.7. The maximum Gasteiger partial charge on any atom is 0.303 e. The summed E-state index contributed by atoms with van der Waals surface area (Å²) >= 11 is 3.58. The van der Waals surface area contributed by atoms with E-state index >= 15 is 0 Å². The van der Waals surface area contributed by atoms with E-state index in [9.17, 15) is 4.79 Å². The molecule has 176 valence electrons. The van der Waals surface area contributed by atoms with Gasteiger partial charge in [-0.3, -0.25) is 4.79 Å². The second-order valence-electron chi connectivity index (χ2n) is 8.69. The summed E-state index contributed by atoms with van der Waals surface area (Å²) in [6, 6.07) is 0. The van der Waals surface area contributed by atoms with Crippen LogP contribution in [0.4, 0.5) is 0 Å². The molecular weight excluding hydrogens is 436 g/mol. The molecule has 0 fully saturated rings. The predicted octanol–water partition coefficient (Wildman–Crippen LogP) is 10.1. The Morgan fingerprint density at radius 3 is 1.60 bits per heavy atom.